The van der Waals surface area contributed by atoms with Gasteiger partial charge in [-0.05, 0) is 122 Å². The molecule has 0 aliphatic carbocycles. The van der Waals surface area contributed by atoms with Crippen LogP contribution in [0.3, 0.4) is 0 Å². The summed E-state index contributed by atoms with van der Waals surface area (Å²) in [5.41, 5.74) is 18.2. The first-order valence-electron chi connectivity index (χ1n) is 24.6. The molecule has 3 heteroatoms. The Morgan fingerprint density at radius 1 is 0.211 bits per heavy atom. The van der Waals surface area contributed by atoms with Crippen LogP contribution in [0.5, 0.6) is 0 Å². The highest BCUT2D eigenvalue weighted by Gasteiger charge is 2.25. The minimum Gasteiger partial charge on any atom is -0.309 e. The molecule has 0 radical (unpaired) electrons. The van der Waals surface area contributed by atoms with Crippen molar-refractivity contribution in [3.63, 3.8) is 0 Å². The lowest BCUT2D eigenvalue weighted by Crippen LogP contribution is -1.94. The topological polar surface area (TPSA) is 14.3 Å². The zero-order chi connectivity index (χ0) is 46.3. The van der Waals surface area contributed by atoms with Gasteiger partial charge in [-0.25, -0.2) is 0 Å². The van der Waals surface area contributed by atoms with Crippen LogP contribution in [-0.2, 0) is 0 Å². The van der Waals surface area contributed by atoms with E-state index in [1.165, 1.54) is 137 Å². The van der Waals surface area contributed by atoms with Gasteiger partial charge in [0, 0.05) is 54.5 Å². The lowest BCUT2D eigenvalue weighted by Gasteiger charge is -2.19. The van der Waals surface area contributed by atoms with E-state index in [2.05, 4.69) is 262 Å². The van der Waals surface area contributed by atoms with Crippen LogP contribution in [0.4, 0.5) is 0 Å². The largest absolute Gasteiger partial charge is 0.309 e. The van der Waals surface area contributed by atoms with Crippen LogP contribution in [0.1, 0.15) is 0 Å². The zero-order valence-electron chi connectivity index (χ0n) is 38.5. The van der Waals surface area contributed by atoms with E-state index in [1.54, 1.807) is 0 Å². The summed E-state index contributed by atoms with van der Waals surface area (Å²) in [6, 6.07) is 92.4. The third-order valence-corrected chi connectivity index (χ3v) is 15.6. The van der Waals surface area contributed by atoms with Crippen LogP contribution in [0.15, 0.2) is 249 Å². The number of rotatable bonds is 5. The Bertz CT molecular complexity index is 4640. The number of aromatic nitrogens is 3. The molecule has 16 aromatic rings. The first-order valence-corrected chi connectivity index (χ1v) is 24.6. The quantitative estimate of drug-likeness (QED) is 0.153. The Hall–Kier alpha value is -9.44. The van der Waals surface area contributed by atoms with Gasteiger partial charge in [0.15, 0.2) is 0 Å². The average Bonchev–Trinajstić information content (AvgIpc) is 4.17. The van der Waals surface area contributed by atoms with Gasteiger partial charge in [0.2, 0.25) is 0 Å². The highest BCUT2D eigenvalue weighted by atomic mass is 15.0. The van der Waals surface area contributed by atoms with E-state index < -0.39 is 0 Å². The normalized spacial score (nSPS) is 12.2. The van der Waals surface area contributed by atoms with Crippen molar-refractivity contribution in [2.24, 2.45) is 0 Å². The van der Waals surface area contributed by atoms with Gasteiger partial charge in [-0.2, -0.15) is 0 Å². The number of nitrogens with zero attached hydrogens (tertiary/aromatic N) is 3. The van der Waals surface area contributed by atoms with Crippen molar-refractivity contribution >= 4 is 103 Å². The molecule has 16 rings (SSSR count). The molecule has 328 valence electrons. The van der Waals surface area contributed by atoms with E-state index in [1.807, 2.05) is 0 Å². The van der Waals surface area contributed by atoms with Crippen LogP contribution in [0.2, 0.25) is 0 Å². The van der Waals surface area contributed by atoms with Crippen molar-refractivity contribution < 1.29 is 0 Å². The van der Waals surface area contributed by atoms with Crippen LogP contribution in [-0.4, -0.2) is 13.5 Å². The third-order valence-electron chi connectivity index (χ3n) is 15.6. The summed E-state index contributed by atoms with van der Waals surface area (Å²) in [6.45, 7) is 0. The van der Waals surface area contributed by atoms with Crippen molar-refractivity contribution in [1.29, 1.82) is 0 Å². The van der Waals surface area contributed by atoms with E-state index in [-0.39, 0.29) is 0 Å². The number of benzene rings is 12. The molecule has 0 saturated carbocycles. The van der Waals surface area contributed by atoms with Crippen molar-refractivity contribution in [1.82, 2.24) is 13.5 Å². The van der Waals surface area contributed by atoms with Gasteiger partial charge in [0.1, 0.15) is 0 Å². The summed E-state index contributed by atoms with van der Waals surface area (Å²) in [5, 5.41) is 15.0. The summed E-state index contributed by atoms with van der Waals surface area (Å²) in [5.74, 6) is 0. The minimum atomic E-state index is 1.15. The average molecular weight is 900 g/mol. The smallest absolute Gasteiger partial charge is 0.0626 e. The molecule has 0 unspecified atom stereocenters. The number of para-hydroxylation sites is 6. The van der Waals surface area contributed by atoms with Crippen molar-refractivity contribution in [2.45, 2.75) is 0 Å². The molecule has 4 aromatic heterocycles. The molecule has 12 aromatic carbocycles. The molecule has 0 aliphatic heterocycles. The highest BCUT2D eigenvalue weighted by Crippen LogP contribution is 2.51. The van der Waals surface area contributed by atoms with E-state index in [0.29, 0.717) is 0 Å². The van der Waals surface area contributed by atoms with Crippen molar-refractivity contribution in [3.8, 4) is 44.8 Å². The second kappa shape index (κ2) is 14.5. The molecule has 4 heterocycles. The number of hydrogen-bond donors (Lipinski definition) is 0. The first-order chi connectivity index (χ1) is 35.3. The van der Waals surface area contributed by atoms with Crippen molar-refractivity contribution in [3.05, 3.63) is 249 Å². The van der Waals surface area contributed by atoms with E-state index in [9.17, 15) is 0 Å². The first kappa shape index (κ1) is 38.5. The summed E-state index contributed by atoms with van der Waals surface area (Å²) < 4.78 is 7.37. The Morgan fingerprint density at radius 3 is 1.14 bits per heavy atom. The third kappa shape index (κ3) is 5.21. The molecule has 0 N–H and O–H groups in total. The summed E-state index contributed by atoms with van der Waals surface area (Å²) in [6.07, 6.45) is 0. The molecule has 0 fully saturated rings. The molecule has 0 bridgehead atoms. The predicted molar refractivity (Wildman–Crippen MR) is 301 cm³/mol. The fourth-order valence-corrected chi connectivity index (χ4v) is 12.8. The maximum Gasteiger partial charge on any atom is 0.0626 e. The molecule has 0 aliphatic rings. The molecular weight excluding hydrogens is 859 g/mol. The Labute approximate surface area is 408 Å². The zero-order valence-corrected chi connectivity index (χ0v) is 38.5. The number of hydrogen-bond acceptors (Lipinski definition) is 0. The van der Waals surface area contributed by atoms with Gasteiger partial charge in [-0.3, -0.25) is 0 Å². The Morgan fingerprint density at radius 2 is 0.606 bits per heavy atom. The highest BCUT2D eigenvalue weighted by molar-refractivity contribution is 6.31. The molecule has 0 spiro atoms. The second-order valence-electron chi connectivity index (χ2n) is 19.1. The summed E-state index contributed by atoms with van der Waals surface area (Å²) >= 11 is 0. The van der Waals surface area contributed by atoms with Gasteiger partial charge in [0.25, 0.3) is 0 Å². The lowest BCUT2D eigenvalue weighted by molar-refractivity contribution is 1.18. The predicted octanol–water partition coefficient (Wildman–Crippen LogP) is 18.3. The van der Waals surface area contributed by atoms with Gasteiger partial charge < -0.3 is 13.5 Å². The molecular formula is C68H41N3. The summed E-state index contributed by atoms with van der Waals surface area (Å²) in [4.78, 5) is 0. The second-order valence-corrected chi connectivity index (χ2v) is 19.1. The minimum absolute atomic E-state index is 1.15. The van der Waals surface area contributed by atoms with E-state index >= 15 is 0 Å². The van der Waals surface area contributed by atoms with Gasteiger partial charge in [0.05, 0.1) is 38.6 Å². The van der Waals surface area contributed by atoms with Crippen LogP contribution in [0.25, 0.3) is 148 Å². The number of fused-ring (bicyclic) bond motifs is 14. The van der Waals surface area contributed by atoms with Crippen LogP contribution in [0, 0.1) is 0 Å². The lowest BCUT2D eigenvalue weighted by atomic mass is 9.84. The Kier molecular flexibility index (Phi) is 7.89. The SMILES string of the molecule is c1ccc(-n2c3ccccc3c3c(-c4cccc5c(-c6ccc7c8ccccc8n8c9ccccc9c6c78)c6cccc(-c7cccc8c7c7ccccc7n8-c7ccccc7)c6cc45)cccc32)cc1. The molecule has 0 amide bonds. The Balaban J connectivity index is 1.07. The molecule has 3 nitrogen and oxygen atoms in total. The maximum atomic E-state index is 2.52. The van der Waals surface area contributed by atoms with Gasteiger partial charge in [-0.15, -0.1) is 0 Å². The fraction of sp³-hybridized carbons (Fsp3) is 0. The molecule has 0 atom stereocenters. The van der Waals surface area contributed by atoms with E-state index in [0.717, 1.165) is 11.4 Å². The monoisotopic (exact) mass is 899 g/mol. The van der Waals surface area contributed by atoms with Crippen LogP contribution < -0.4 is 0 Å². The van der Waals surface area contributed by atoms with E-state index in [4.69, 9.17) is 0 Å². The fourth-order valence-electron chi connectivity index (χ4n) is 12.8. The summed E-state index contributed by atoms with van der Waals surface area (Å²) in [7, 11) is 0. The standard InChI is InChI=1S/C68H41N3/c1-3-19-42(20-4-1)69-59-34-12-8-24-52(59)65-47(31-17-37-62(65)69)44-27-15-29-49-56(44)41-57-45(48-32-18-38-63-66(48)53-25-9-13-35-60(53)70(63)43-21-5-2-6-22-43)28-16-30-50(57)64(49)55-40-39-51-46-23-7-11-33-58(46)71-61-36-14-10-26-54(61)67(55)68(51)71/h1-41H. The van der Waals surface area contributed by atoms with Crippen LogP contribution >= 0.6 is 0 Å². The maximum absolute atomic E-state index is 2.52. The van der Waals surface area contributed by atoms with Gasteiger partial charge in [-0.1, -0.05) is 182 Å². The van der Waals surface area contributed by atoms with Crippen molar-refractivity contribution in [2.75, 3.05) is 0 Å². The molecule has 71 heavy (non-hydrogen) atoms. The van der Waals surface area contributed by atoms with Gasteiger partial charge >= 0.3 is 0 Å². The molecule has 0 saturated heterocycles.